The van der Waals surface area contributed by atoms with E-state index in [-0.39, 0.29) is 11.7 Å². The van der Waals surface area contributed by atoms with E-state index in [1.165, 1.54) is 12.3 Å². The third-order valence-electron chi connectivity index (χ3n) is 4.73. The van der Waals surface area contributed by atoms with E-state index in [1.54, 1.807) is 16.6 Å². The summed E-state index contributed by atoms with van der Waals surface area (Å²) in [6.45, 7) is 7.53. The van der Waals surface area contributed by atoms with Gasteiger partial charge in [-0.2, -0.15) is 5.10 Å². The number of rotatable bonds is 8. The highest BCUT2D eigenvalue weighted by Crippen LogP contribution is 2.21. The molecule has 0 spiro atoms. The van der Waals surface area contributed by atoms with Crippen LogP contribution in [-0.4, -0.2) is 40.3 Å². The van der Waals surface area contributed by atoms with Crippen LogP contribution >= 0.6 is 0 Å². The third-order valence-corrected chi connectivity index (χ3v) is 4.73. The molecule has 2 aromatic heterocycles. The Morgan fingerprint density at radius 1 is 1.29 bits per heavy atom. The Morgan fingerprint density at radius 3 is 2.82 bits per heavy atom. The average molecular weight is 384 g/mol. The quantitative estimate of drug-likeness (QED) is 0.606. The molecular formula is C21H25FN4O2. The Labute approximate surface area is 163 Å². The smallest absolute Gasteiger partial charge is 0.256 e. The van der Waals surface area contributed by atoms with Crippen LogP contribution in [0.1, 0.15) is 46.2 Å². The molecule has 0 fully saturated rings. The van der Waals surface area contributed by atoms with E-state index in [0.29, 0.717) is 43.0 Å². The van der Waals surface area contributed by atoms with Gasteiger partial charge in [-0.05, 0) is 44.4 Å². The molecule has 6 nitrogen and oxygen atoms in total. The number of carbonyl (C=O) groups excluding carboxylic acids is 1. The molecule has 0 radical (unpaired) electrons. The number of benzene rings is 1. The molecule has 1 aromatic carbocycles. The van der Waals surface area contributed by atoms with Crippen LogP contribution in [0.25, 0.3) is 5.65 Å². The molecule has 0 aliphatic rings. The van der Waals surface area contributed by atoms with Gasteiger partial charge in [-0.1, -0.05) is 18.2 Å². The first kappa shape index (κ1) is 19.9. The monoisotopic (exact) mass is 384 g/mol. The number of fused-ring (bicyclic) bond motifs is 1. The van der Waals surface area contributed by atoms with E-state index in [2.05, 4.69) is 15.4 Å². The van der Waals surface area contributed by atoms with Crippen molar-refractivity contribution in [2.24, 2.45) is 0 Å². The van der Waals surface area contributed by atoms with Crippen LogP contribution in [0.3, 0.4) is 0 Å². The van der Waals surface area contributed by atoms with E-state index in [0.717, 1.165) is 23.4 Å². The first-order valence-corrected chi connectivity index (χ1v) is 9.46. The van der Waals surface area contributed by atoms with Crippen LogP contribution in [0.5, 0.6) is 0 Å². The van der Waals surface area contributed by atoms with Gasteiger partial charge in [-0.3, -0.25) is 4.79 Å². The minimum Gasteiger partial charge on any atom is -0.382 e. The number of aryl methyl sites for hydroxylation is 2. The normalized spacial score (nSPS) is 11.1. The molecule has 0 saturated heterocycles. The Bertz CT molecular complexity index is 984. The number of ether oxygens (including phenoxy) is 1. The molecule has 2 heterocycles. The highest BCUT2D eigenvalue weighted by Gasteiger charge is 2.18. The maximum Gasteiger partial charge on any atom is 0.256 e. The lowest BCUT2D eigenvalue weighted by Gasteiger charge is -2.12. The molecule has 3 aromatic rings. The van der Waals surface area contributed by atoms with Gasteiger partial charge in [0.05, 0.1) is 6.20 Å². The molecule has 0 aliphatic carbocycles. The van der Waals surface area contributed by atoms with Crippen molar-refractivity contribution in [3.63, 3.8) is 0 Å². The average Bonchev–Trinajstić information content (AvgIpc) is 3.10. The van der Waals surface area contributed by atoms with Crippen LogP contribution < -0.4 is 5.32 Å². The largest absolute Gasteiger partial charge is 0.382 e. The lowest BCUT2D eigenvalue weighted by molar-refractivity contribution is 0.0945. The molecule has 0 atom stereocenters. The van der Waals surface area contributed by atoms with Crippen molar-refractivity contribution in [1.82, 2.24) is 19.9 Å². The summed E-state index contributed by atoms with van der Waals surface area (Å²) < 4.78 is 21.0. The standard InChI is InChI=1S/C21H25FN4O2/c1-4-28-11-7-10-23-21(27)18-13-24-26-15(3)17(14(2)25-20(18)26)12-16-8-5-6-9-19(16)22/h5-6,8-9,13H,4,7,10-12H2,1-3H3,(H,23,27). The summed E-state index contributed by atoms with van der Waals surface area (Å²) in [4.78, 5) is 17.1. The first-order chi connectivity index (χ1) is 13.5. The van der Waals surface area contributed by atoms with E-state index in [9.17, 15) is 9.18 Å². The Balaban J connectivity index is 1.83. The second-order valence-electron chi connectivity index (χ2n) is 6.63. The molecule has 0 aliphatic heterocycles. The molecule has 0 unspecified atom stereocenters. The Morgan fingerprint density at radius 2 is 2.07 bits per heavy atom. The SMILES string of the molecule is CCOCCCNC(=O)c1cnn2c(C)c(Cc3ccccc3F)c(C)nc12. The van der Waals surface area contributed by atoms with Crippen molar-refractivity contribution in [2.75, 3.05) is 19.8 Å². The summed E-state index contributed by atoms with van der Waals surface area (Å²) in [6, 6.07) is 6.71. The molecule has 28 heavy (non-hydrogen) atoms. The zero-order valence-electron chi connectivity index (χ0n) is 16.5. The fraction of sp³-hybridized carbons (Fsp3) is 0.381. The van der Waals surface area contributed by atoms with Gasteiger partial charge in [0.15, 0.2) is 5.65 Å². The number of carbonyl (C=O) groups is 1. The highest BCUT2D eigenvalue weighted by molar-refractivity contribution is 5.99. The van der Waals surface area contributed by atoms with Gasteiger partial charge in [-0.25, -0.2) is 13.9 Å². The minimum absolute atomic E-state index is 0.209. The van der Waals surface area contributed by atoms with Crippen LogP contribution in [0, 0.1) is 19.7 Å². The lowest BCUT2D eigenvalue weighted by Crippen LogP contribution is -2.25. The van der Waals surface area contributed by atoms with Crippen molar-refractivity contribution < 1.29 is 13.9 Å². The van der Waals surface area contributed by atoms with Crippen molar-refractivity contribution in [3.05, 3.63) is 64.4 Å². The minimum atomic E-state index is -0.242. The molecule has 1 amide bonds. The van der Waals surface area contributed by atoms with Crippen LogP contribution in [0.2, 0.25) is 0 Å². The van der Waals surface area contributed by atoms with E-state index < -0.39 is 0 Å². The number of hydrogen-bond donors (Lipinski definition) is 1. The van der Waals surface area contributed by atoms with Gasteiger partial charge in [0, 0.05) is 37.6 Å². The number of amides is 1. The molecular weight excluding hydrogens is 359 g/mol. The van der Waals surface area contributed by atoms with E-state index >= 15 is 0 Å². The van der Waals surface area contributed by atoms with E-state index in [4.69, 9.17) is 4.74 Å². The number of halogens is 1. The zero-order chi connectivity index (χ0) is 20.1. The topological polar surface area (TPSA) is 68.5 Å². The Hall–Kier alpha value is -2.80. The van der Waals surface area contributed by atoms with Crippen molar-refractivity contribution in [2.45, 2.75) is 33.6 Å². The van der Waals surface area contributed by atoms with Gasteiger partial charge in [-0.15, -0.1) is 0 Å². The molecule has 3 rings (SSSR count). The Kier molecular flexibility index (Phi) is 6.36. The van der Waals surface area contributed by atoms with Gasteiger partial charge in [0.1, 0.15) is 11.4 Å². The predicted octanol–water partition coefficient (Wildman–Crippen LogP) is 3.23. The fourth-order valence-corrected chi connectivity index (χ4v) is 3.17. The highest BCUT2D eigenvalue weighted by atomic mass is 19.1. The second kappa shape index (κ2) is 8.93. The van der Waals surface area contributed by atoms with Gasteiger partial charge in [0.2, 0.25) is 0 Å². The predicted molar refractivity (Wildman–Crippen MR) is 105 cm³/mol. The van der Waals surface area contributed by atoms with Gasteiger partial charge in [0.25, 0.3) is 5.91 Å². The number of nitrogens with one attached hydrogen (secondary N) is 1. The molecule has 0 bridgehead atoms. The van der Waals surface area contributed by atoms with Crippen molar-refractivity contribution >= 4 is 11.6 Å². The van der Waals surface area contributed by atoms with Gasteiger partial charge >= 0.3 is 0 Å². The van der Waals surface area contributed by atoms with Crippen LogP contribution in [0.15, 0.2) is 30.5 Å². The summed E-state index contributed by atoms with van der Waals surface area (Å²) in [5, 5.41) is 7.21. The summed E-state index contributed by atoms with van der Waals surface area (Å²) in [5.74, 6) is -0.450. The summed E-state index contributed by atoms with van der Waals surface area (Å²) in [5.41, 5.74) is 4.06. The fourth-order valence-electron chi connectivity index (χ4n) is 3.17. The number of aromatic nitrogens is 3. The van der Waals surface area contributed by atoms with Crippen LogP contribution in [0.4, 0.5) is 4.39 Å². The van der Waals surface area contributed by atoms with Gasteiger partial charge < -0.3 is 10.1 Å². The van der Waals surface area contributed by atoms with Crippen molar-refractivity contribution in [3.8, 4) is 0 Å². The lowest BCUT2D eigenvalue weighted by atomic mass is 10.0. The van der Waals surface area contributed by atoms with E-state index in [1.807, 2.05) is 26.8 Å². The zero-order valence-corrected chi connectivity index (χ0v) is 16.5. The summed E-state index contributed by atoms with van der Waals surface area (Å²) in [6.07, 6.45) is 2.70. The molecule has 0 saturated carbocycles. The van der Waals surface area contributed by atoms with Crippen molar-refractivity contribution in [1.29, 1.82) is 0 Å². The number of nitrogens with zero attached hydrogens (tertiary/aromatic N) is 3. The number of hydrogen-bond acceptors (Lipinski definition) is 4. The third kappa shape index (κ3) is 4.20. The summed E-state index contributed by atoms with van der Waals surface area (Å²) in [7, 11) is 0. The first-order valence-electron chi connectivity index (χ1n) is 9.46. The molecule has 1 N–H and O–H groups in total. The maximum atomic E-state index is 14.1. The molecule has 148 valence electrons. The maximum absolute atomic E-state index is 14.1. The molecule has 7 heteroatoms. The van der Waals surface area contributed by atoms with Crippen LogP contribution in [-0.2, 0) is 11.2 Å². The second-order valence-corrected chi connectivity index (χ2v) is 6.63. The summed E-state index contributed by atoms with van der Waals surface area (Å²) >= 11 is 0.